The highest BCUT2D eigenvalue weighted by molar-refractivity contribution is 7.04. The average molecular weight is 1970 g/mol. The predicted octanol–water partition coefficient (Wildman–Crippen LogP) is 31.5. The molecule has 3 aliphatic heterocycles. The van der Waals surface area contributed by atoms with Gasteiger partial charge in [-0.25, -0.2) is 29.9 Å². The van der Waals surface area contributed by atoms with E-state index in [1.165, 1.54) is 170 Å². The summed E-state index contributed by atoms with van der Waals surface area (Å²) in [5.41, 5.74) is 39.4. The standard InChI is InChI=1S/2C48H35N3Si.C42H31N3Si/c1-52(2)44-24-13-12-23-39(44)45-46(33-17-8-4-9-18-33)49-47(50-48(45)52)37-20-14-19-34(29-37)36-26-28-43-41(31-36)40-30-35(32-15-6-3-7-16-32)25-27-42(40)51(43)38-21-10-5-11-22-38;1-52(2)44-26-12-10-24-40(44)45-46(32-15-5-3-6-16-32)49-47(50-48(45)52)37-20-14-19-35(30-37)33-17-13-18-34(29-33)36-27-28-43-41(31-36)39-23-9-11-25-42(39)51(43)38-21-7-4-8-22-38;1-46(2)38-23-12-10-21-34(38)39-40(28-14-5-3-6-15-28)43-41(44-42(39)46)31-17-13-16-29(26-31)30-24-25-37-35(27-30)33-20-9-11-22-36(33)45(37)32-18-7-4-8-19-32/h2*3-31H,1-2H3;3-27H,1-2H3. The van der Waals surface area contributed by atoms with Crippen LogP contribution in [0.2, 0.25) is 39.3 Å². The van der Waals surface area contributed by atoms with Crippen LogP contribution in [0.1, 0.15) is 0 Å². The van der Waals surface area contributed by atoms with E-state index in [1.807, 2.05) is 0 Å². The molecule has 0 radical (unpaired) electrons. The summed E-state index contributed by atoms with van der Waals surface area (Å²) in [7, 11) is -6.12. The van der Waals surface area contributed by atoms with Gasteiger partial charge in [-0.1, -0.05) is 421 Å². The molecule has 9 heterocycles. The van der Waals surface area contributed by atoms with Gasteiger partial charge in [0.25, 0.3) is 0 Å². The van der Waals surface area contributed by atoms with E-state index in [9.17, 15) is 0 Å². The Kier molecular flexibility index (Phi) is 22.1. The maximum Gasteiger partial charge on any atom is 0.159 e. The first-order valence-corrected chi connectivity index (χ1v) is 60.7. The smallest absolute Gasteiger partial charge is 0.159 e. The van der Waals surface area contributed by atoms with E-state index in [0.29, 0.717) is 0 Å². The Bertz CT molecular complexity index is 9850. The topological polar surface area (TPSA) is 92.1 Å². The molecule has 0 saturated heterocycles. The van der Waals surface area contributed by atoms with Crippen LogP contribution in [0.15, 0.2) is 504 Å². The number of aromatic nitrogens is 9. The number of fused-ring (bicyclic) bond motifs is 18. The number of rotatable bonds is 14. The zero-order valence-corrected chi connectivity index (χ0v) is 86.9. The van der Waals surface area contributed by atoms with Crippen LogP contribution in [-0.2, 0) is 0 Å². The quantitative estimate of drug-likeness (QED) is 0.101. The van der Waals surface area contributed by atoms with E-state index >= 15 is 0 Å². The monoisotopic (exact) mass is 1970 g/mol. The molecule has 710 valence electrons. The van der Waals surface area contributed by atoms with Gasteiger partial charge in [0.1, 0.15) is 24.2 Å². The maximum absolute atomic E-state index is 5.43. The second-order valence-electron chi connectivity index (χ2n) is 41.1. The van der Waals surface area contributed by atoms with Gasteiger partial charge in [-0.05, 0) is 209 Å². The fourth-order valence-corrected chi connectivity index (χ4v) is 32.4. The van der Waals surface area contributed by atoms with E-state index in [4.69, 9.17) is 29.9 Å². The van der Waals surface area contributed by atoms with Gasteiger partial charge in [-0.2, -0.15) is 0 Å². The van der Waals surface area contributed by atoms with Gasteiger partial charge in [0, 0.05) is 115 Å². The van der Waals surface area contributed by atoms with Crippen molar-refractivity contribution < 1.29 is 0 Å². The Morgan fingerprint density at radius 2 is 0.360 bits per heavy atom. The van der Waals surface area contributed by atoms with Crippen molar-refractivity contribution in [1.82, 2.24) is 43.6 Å². The van der Waals surface area contributed by atoms with Crippen LogP contribution in [0, 0.1) is 0 Å². The molecule has 6 aromatic heterocycles. The third kappa shape index (κ3) is 15.5. The largest absolute Gasteiger partial charge is 0.309 e. The van der Waals surface area contributed by atoms with E-state index in [0.717, 1.165) is 101 Å². The van der Waals surface area contributed by atoms with Crippen LogP contribution < -0.4 is 31.5 Å². The molecule has 0 saturated carbocycles. The minimum Gasteiger partial charge on any atom is -0.309 e. The summed E-state index contributed by atoms with van der Waals surface area (Å²) < 4.78 is 7.10. The Morgan fingerprint density at radius 1 is 0.153 bits per heavy atom. The maximum atomic E-state index is 5.43. The second kappa shape index (κ2) is 36.7. The number of hydrogen-bond acceptors (Lipinski definition) is 6. The normalized spacial score (nSPS) is 13.0. The molecule has 0 amide bonds. The molecule has 0 bridgehead atoms. The lowest BCUT2D eigenvalue weighted by Gasteiger charge is -2.19. The van der Waals surface area contributed by atoms with Crippen molar-refractivity contribution >= 4 is 121 Å². The van der Waals surface area contributed by atoms with Crippen LogP contribution >= 0.6 is 0 Å². The molecule has 0 fully saturated rings. The first-order valence-electron chi connectivity index (χ1n) is 51.7. The molecule has 3 aliphatic rings. The third-order valence-electron chi connectivity index (χ3n) is 31.1. The van der Waals surface area contributed by atoms with Crippen molar-refractivity contribution in [3.8, 4) is 174 Å². The van der Waals surface area contributed by atoms with Gasteiger partial charge in [0.15, 0.2) is 17.5 Å². The lowest BCUT2D eigenvalue weighted by atomic mass is 9.96. The van der Waals surface area contributed by atoms with Crippen molar-refractivity contribution in [2.75, 3.05) is 0 Å². The Morgan fingerprint density at radius 3 is 0.653 bits per heavy atom. The lowest BCUT2D eigenvalue weighted by molar-refractivity contribution is 1.18. The van der Waals surface area contributed by atoms with Crippen molar-refractivity contribution in [2.45, 2.75) is 39.3 Å². The van der Waals surface area contributed by atoms with Gasteiger partial charge >= 0.3 is 0 Å². The van der Waals surface area contributed by atoms with Gasteiger partial charge < -0.3 is 13.7 Å². The minimum atomic E-state index is -2.05. The zero-order chi connectivity index (χ0) is 100. The van der Waals surface area contributed by atoms with Crippen LogP contribution in [0.4, 0.5) is 0 Å². The number of nitrogens with zero attached hydrogens (tertiary/aromatic N) is 9. The molecule has 0 spiro atoms. The van der Waals surface area contributed by atoms with Crippen LogP contribution in [0.25, 0.3) is 239 Å². The molecule has 150 heavy (non-hydrogen) atoms. The minimum absolute atomic E-state index is 0.780. The fourth-order valence-electron chi connectivity index (χ4n) is 23.7. The fraction of sp³-hybridized carbons (Fsp3) is 0.0435. The molecule has 12 heteroatoms. The number of hydrogen-bond donors (Lipinski definition) is 0. The molecule has 0 aliphatic carbocycles. The first-order chi connectivity index (χ1) is 73.7. The predicted molar refractivity (Wildman–Crippen MR) is 635 cm³/mol. The summed E-state index contributed by atoms with van der Waals surface area (Å²) in [5, 5.41) is 15.4. The van der Waals surface area contributed by atoms with Gasteiger partial charge in [0.05, 0.1) is 50.2 Å². The summed E-state index contributed by atoms with van der Waals surface area (Å²) in [6.45, 7) is 14.5. The van der Waals surface area contributed by atoms with Crippen molar-refractivity contribution in [2.24, 2.45) is 0 Å². The van der Waals surface area contributed by atoms with Gasteiger partial charge in [0.2, 0.25) is 0 Å². The molecule has 0 N–H and O–H groups in total. The van der Waals surface area contributed by atoms with Crippen molar-refractivity contribution in [3.63, 3.8) is 0 Å². The summed E-state index contributed by atoms with van der Waals surface area (Å²) in [6.07, 6.45) is 0. The zero-order valence-electron chi connectivity index (χ0n) is 83.9. The molecular weight excluding hydrogens is 1870 g/mol. The Balaban J connectivity index is 0.000000111. The highest BCUT2D eigenvalue weighted by Crippen LogP contribution is 2.47. The van der Waals surface area contributed by atoms with Gasteiger partial charge in [-0.15, -0.1) is 0 Å². The summed E-state index contributed by atoms with van der Waals surface area (Å²) in [6, 6.07) is 181. The van der Waals surface area contributed by atoms with Crippen LogP contribution in [0.3, 0.4) is 0 Å². The second-order valence-corrected chi connectivity index (χ2v) is 53.9. The van der Waals surface area contributed by atoms with Gasteiger partial charge in [-0.3, -0.25) is 0 Å². The van der Waals surface area contributed by atoms with E-state index in [2.05, 4.69) is 556 Å². The first kappa shape index (κ1) is 90.5. The third-order valence-corrected chi connectivity index (χ3v) is 41.1. The van der Waals surface area contributed by atoms with Crippen molar-refractivity contribution in [1.29, 1.82) is 0 Å². The van der Waals surface area contributed by atoms with Crippen LogP contribution in [0.5, 0.6) is 0 Å². The number of benzene rings is 20. The molecule has 26 aromatic rings. The van der Waals surface area contributed by atoms with E-state index in [-0.39, 0.29) is 0 Å². The van der Waals surface area contributed by atoms with Crippen LogP contribution in [-0.4, -0.2) is 67.8 Å². The molecule has 0 unspecified atom stereocenters. The number of para-hydroxylation sites is 5. The Labute approximate surface area is 875 Å². The van der Waals surface area contributed by atoms with E-state index in [1.54, 1.807) is 0 Å². The Hall–Kier alpha value is -18.3. The van der Waals surface area contributed by atoms with Crippen molar-refractivity contribution in [3.05, 3.63) is 504 Å². The molecule has 20 aromatic carbocycles. The summed E-state index contributed by atoms with van der Waals surface area (Å²) in [4.78, 5) is 32.2. The molecule has 0 atom stereocenters. The van der Waals surface area contributed by atoms with E-state index < -0.39 is 24.2 Å². The SMILES string of the molecule is C[Si]1(C)c2ccccc2-c2c(-c3ccccc3)nc(-c3cccc(-c4ccc5c(c4)c4cc(-c6ccccc6)ccc4n5-c4ccccc4)c3)nc21.C[Si]1(C)c2ccccc2-c2c(-c3ccccc3)nc(-c3cccc(-c4ccc5c(c4)c4ccccc4n5-c4ccccc4)c3)nc21.C[Si]1(C)c2ccccc2-c2c(-c3ccccc3)nc(-c3cccc(-c4cccc(-c5ccc6c(c5)c5ccccc5n6-c5ccccc5)c4)c3)nc21. The summed E-state index contributed by atoms with van der Waals surface area (Å²) >= 11 is 0. The highest BCUT2D eigenvalue weighted by atomic mass is 28.3. The molecular formula is C138H101N9Si3. The lowest BCUT2D eigenvalue weighted by Crippen LogP contribution is -2.50. The average Bonchev–Trinajstić information content (AvgIpc) is 1.56. The highest BCUT2D eigenvalue weighted by Gasteiger charge is 2.45. The molecule has 9 nitrogen and oxygen atoms in total. The summed E-state index contributed by atoms with van der Waals surface area (Å²) in [5.74, 6) is 2.35. The molecule has 29 rings (SSSR count).